The lowest BCUT2D eigenvalue weighted by Gasteiger charge is -2.27. The second-order valence-corrected chi connectivity index (χ2v) is 8.99. The predicted molar refractivity (Wildman–Crippen MR) is 96.3 cm³/mol. The van der Waals surface area contributed by atoms with Crippen LogP contribution in [-0.2, 0) is 9.84 Å². The monoisotopic (exact) mass is 368 g/mol. The Bertz CT molecular complexity index is 860. The summed E-state index contributed by atoms with van der Waals surface area (Å²) < 4.78 is 23.6. The summed E-state index contributed by atoms with van der Waals surface area (Å²) in [6, 6.07) is 6.97. The molecular weight excluding hydrogens is 348 g/mol. The second kappa shape index (κ2) is 6.76. The van der Waals surface area contributed by atoms with E-state index in [4.69, 9.17) is 11.6 Å². The summed E-state index contributed by atoms with van der Waals surface area (Å²) >= 11 is 6.00. The Morgan fingerprint density at radius 1 is 1.38 bits per heavy atom. The fourth-order valence-electron chi connectivity index (χ4n) is 3.17. The van der Waals surface area contributed by atoms with Gasteiger partial charge in [0.15, 0.2) is 9.84 Å². The molecule has 1 aromatic carbocycles. The highest BCUT2D eigenvalue weighted by Crippen LogP contribution is 2.24. The molecule has 130 valence electrons. The summed E-state index contributed by atoms with van der Waals surface area (Å²) in [6.45, 7) is 2.63. The highest BCUT2D eigenvalue weighted by Gasteiger charge is 2.35. The van der Waals surface area contributed by atoms with Crippen molar-refractivity contribution in [3.63, 3.8) is 0 Å². The summed E-state index contributed by atoms with van der Waals surface area (Å²) in [5.74, 6) is 0.0857. The van der Waals surface area contributed by atoms with Gasteiger partial charge in [0.1, 0.15) is 5.69 Å². The quantitative estimate of drug-likeness (QED) is 0.880. The molecular formula is C17H21ClN2O3S. The van der Waals surface area contributed by atoms with Gasteiger partial charge in [-0.05, 0) is 37.1 Å². The van der Waals surface area contributed by atoms with E-state index >= 15 is 0 Å². The number of benzene rings is 1. The molecule has 0 aliphatic carbocycles. The standard InChI is InChI=1S/C17H21ClN2O3S/c1-2-3-7-20(14-6-8-24(22,23)11-14)17(21)16-10-12-9-13(18)4-5-15(12)19-16/h4-5,9-10,14,19H,2-3,6-8,11H2,1H3. The lowest BCUT2D eigenvalue weighted by molar-refractivity contribution is 0.0689. The number of aromatic amines is 1. The van der Waals surface area contributed by atoms with Gasteiger partial charge in [-0.25, -0.2) is 8.42 Å². The van der Waals surface area contributed by atoms with Crippen LogP contribution < -0.4 is 0 Å². The summed E-state index contributed by atoms with van der Waals surface area (Å²) in [5, 5.41) is 1.49. The Labute approximate surface area is 146 Å². The van der Waals surface area contributed by atoms with Gasteiger partial charge in [0.2, 0.25) is 0 Å². The molecule has 1 atom stereocenters. The molecule has 0 saturated carbocycles. The number of H-pyrrole nitrogens is 1. The van der Waals surface area contributed by atoms with Crippen molar-refractivity contribution in [1.29, 1.82) is 0 Å². The smallest absolute Gasteiger partial charge is 0.270 e. The van der Waals surface area contributed by atoms with Gasteiger partial charge in [-0.3, -0.25) is 4.79 Å². The molecule has 24 heavy (non-hydrogen) atoms. The summed E-state index contributed by atoms with van der Waals surface area (Å²) in [6.07, 6.45) is 2.32. The van der Waals surface area contributed by atoms with E-state index in [1.807, 2.05) is 6.07 Å². The zero-order valence-electron chi connectivity index (χ0n) is 13.6. The van der Waals surface area contributed by atoms with E-state index in [0.29, 0.717) is 23.7 Å². The third-order valence-electron chi connectivity index (χ3n) is 4.48. The van der Waals surface area contributed by atoms with Gasteiger partial charge in [-0.15, -0.1) is 0 Å². The van der Waals surface area contributed by atoms with Crippen LogP contribution in [0.3, 0.4) is 0 Å². The first-order valence-electron chi connectivity index (χ1n) is 8.19. The molecule has 1 fully saturated rings. The number of fused-ring (bicyclic) bond motifs is 1. The largest absolute Gasteiger partial charge is 0.351 e. The molecule has 1 N–H and O–H groups in total. The van der Waals surface area contributed by atoms with Gasteiger partial charge in [-0.1, -0.05) is 24.9 Å². The zero-order chi connectivity index (χ0) is 17.3. The molecule has 0 bridgehead atoms. The number of carbonyl (C=O) groups is 1. The van der Waals surface area contributed by atoms with E-state index in [2.05, 4.69) is 11.9 Å². The number of unbranched alkanes of at least 4 members (excludes halogenated alkanes) is 1. The van der Waals surface area contributed by atoms with Gasteiger partial charge in [0.05, 0.1) is 11.5 Å². The van der Waals surface area contributed by atoms with Gasteiger partial charge >= 0.3 is 0 Å². The van der Waals surface area contributed by atoms with Gasteiger partial charge in [-0.2, -0.15) is 0 Å². The zero-order valence-corrected chi connectivity index (χ0v) is 15.2. The van der Waals surface area contributed by atoms with Crippen molar-refractivity contribution in [2.75, 3.05) is 18.1 Å². The number of nitrogens with zero attached hydrogens (tertiary/aromatic N) is 1. The molecule has 0 spiro atoms. The number of hydrogen-bond donors (Lipinski definition) is 1. The molecule has 5 nitrogen and oxygen atoms in total. The van der Waals surface area contributed by atoms with Crippen molar-refractivity contribution in [3.05, 3.63) is 35.0 Å². The number of halogens is 1. The van der Waals surface area contributed by atoms with Crippen LogP contribution in [0.15, 0.2) is 24.3 Å². The maximum absolute atomic E-state index is 13.0. The van der Waals surface area contributed by atoms with Crippen LogP contribution in [0.5, 0.6) is 0 Å². The van der Waals surface area contributed by atoms with Crippen LogP contribution in [-0.4, -0.2) is 48.3 Å². The lowest BCUT2D eigenvalue weighted by Crippen LogP contribution is -2.41. The maximum atomic E-state index is 13.0. The molecule has 1 amide bonds. The first-order chi connectivity index (χ1) is 11.4. The lowest BCUT2D eigenvalue weighted by atomic mass is 10.1. The summed E-state index contributed by atoms with van der Waals surface area (Å²) in [5.41, 5.74) is 1.32. The molecule has 0 radical (unpaired) electrons. The van der Waals surface area contributed by atoms with Crippen molar-refractivity contribution in [2.24, 2.45) is 0 Å². The van der Waals surface area contributed by atoms with Crippen molar-refractivity contribution < 1.29 is 13.2 Å². The minimum atomic E-state index is -3.03. The fraction of sp³-hybridized carbons (Fsp3) is 0.471. The van der Waals surface area contributed by atoms with E-state index < -0.39 is 9.84 Å². The second-order valence-electron chi connectivity index (χ2n) is 6.32. The third kappa shape index (κ3) is 3.59. The summed E-state index contributed by atoms with van der Waals surface area (Å²) in [7, 11) is -3.03. The Hall–Kier alpha value is -1.53. The van der Waals surface area contributed by atoms with Crippen LogP contribution in [0.2, 0.25) is 5.02 Å². The molecule has 1 aliphatic heterocycles. The average molecular weight is 369 g/mol. The molecule has 3 rings (SSSR count). The van der Waals surface area contributed by atoms with Crippen molar-refractivity contribution in [3.8, 4) is 0 Å². The number of rotatable bonds is 5. The van der Waals surface area contributed by atoms with Crippen LogP contribution >= 0.6 is 11.6 Å². The highest BCUT2D eigenvalue weighted by molar-refractivity contribution is 7.91. The Morgan fingerprint density at radius 2 is 2.17 bits per heavy atom. The molecule has 1 aliphatic rings. The molecule has 2 aromatic rings. The van der Waals surface area contributed by atoms with Crippen LogP contribution in [0.4, 0.5) is 0 Å². The number of carbonyl (C=O) groups excluding carboxylic acids is 1. The van der Waals surface area contributed by atoms with Gasteiger partial charge in [0.25, 0.3) is 5.91 Å². The first kappa shape index (κ1) is 17.3. The van der Waals surface area contributed by atoms with E-state index in [-0.39, 0.29) is 23.5 Å². The Morgan fingerprint density at radius 3 is 2.83 bits per heavy atom. The molecule has 1 aromatic heterocycles. The normalized spacial score (nSPS) is 19.7. The molecule has 7 heteroatoms. The average Bonchev–Trinajstić information content (AvgIpc) is 3.10. The van der Waals surface area contributed by atoms with E-state index in [0.717, 1.165) is 23.7 Å². The number of amides is 1. The Kier molecular flexibility index (Phi) is 4.88. The van der Waals surface area contributed by atoms with Crippen LogP contribution in [0.25, 0.3) is 10.9 Å². The van der Waals surface area contributed by atoms with E-state index in [1.54, 1.807) is 23.1 Å². The van der Waals surface area contributed by atoms with Crippen LogP contribution in [0, 0.1) is 0 Å². The van der Waals surface area contributed by atoms with Crippen molar-refractivity contribution in [1.82, 2.24) is 9.88 Å². The minimum Gasteiger partial charge on any atom is -0.351 e. The topological polar surface area (TPSA) is 70.2 Å². The molecule has 1 unspecified atom stereocenters. The van der Waals surface area contributed by atoms with Gasteiger partial charge in [0, 0.05) is 28.5 Å². The van der Waals surface area contributed by atoms with Gasteiger partial charge < -0.3 is 9.88 Å². The number of nitrogens with one attached hydrogen (secondary N) is 1. The SMILES string of the molecule is CCCCN(C(=O)c1cc2cc(Cl)ccc2[nH]1)C1CCS(=O)(=O)C1. The number of hydrogen-bond acceptors (Lipinski definition) is 3. The van der Waals surface area contributed by atoms with Crippen molar-refractivity contribution >= 4 is 38.2 Å². The van der Waals surface area contributed by atoms with E-state index in [1.165, 1.54) is 0 Å². The number of aromatic nitrogens is 1. The molecule has 1 saturated heterocycles. The number of sulfone groups is 1. The fourth-order valence-corrected chi connectivity index (χ4v) is 5.08. The van der Waals surface area contributed by atoms with Crippen molar-refractivity contribution in [2.45, 2.75) is 32.2 Å². The summed E-state index contributed by atoms with van der Waals surface area (Å²) in [4.78, 5) is 17.8. The third-order valence-corrected chi connectivity index (χ3v) is 6.46. The minimum absolute atomic E-state index is 0.0640. The Balaban J connectivity index is 1.89. The predicted octanol–water partition coefficient (Wildman–Crippen LogP) is 3.25. The molecule has 2 heterocycles. The van der Waals surface area contributed by atoms with Crippen LogP contribution in [0.1, 0.15) is 36.7 Å². The maximum Gasteiger partial charge on any atom is 0.270 e. The van der Waals surface area contributed by atoms with E-state index in [9.17, 15) is 13.2 Å². The highest BCUT2D eigenvalue weighted by atomic mass is 35.5. The first-order valence-corrected chi connectivity index (χ1v) is 10.4.